The molecule has 0 aliphatic carbocycles. The lowest BCUT2D eigenvalue weighted by Crippen LogP contribution is -2.53. The third kappa shape index (κ3) is 4.28. The van der Waals surface area contributed by atoms with Crippen molar-refractivity contribution in [3.63, 3.8) is 0 Å². The van der Waals surface area contributed by atoms with Crippen LogP contribution in [0.15, 0.2) is 0 Å². The highest BCUT2D eigenvalue weighted by Gasteiger charge is 2.42. The van der Waals surface area contributed by atoms with Crippen molar-refractivity contribution in [1.82, 2.24) is 0 Å². The average Bonchev–Trinajstić information content (AvgIpc) is 2.41. The molecule has 0 spiro atoms. The summed E-state index contributed by atoms with van der Waals surface area (Å²) >= 11 is 0. The first-order chi connectivity index (χ1) is 9.37. The molecule has 0 aromatic carbocycles. The van der Waals surface area contributed by atoms with Gasteiger partial charge in [-0.1, -0.05) is 20.8 Å². The number of rotatable bonds is 6. The average molecular weight is 304 g/mol. The maximum absolute atomic E-state index is 11.1. The minimum atomic E-state index is -1.80. The van der Waals surface area contributed by atoms with E-state index in [2.05, 4.69) is 20.8 Å². The Balaban J connectivity index is 2.77. The Morgan fingerprint density at radius 2 is 1.85 bits per heavy atom. The van der Waals surface area contributed by atoms with Gasteiger partial charge >= 0.3 is 5.97 Å². The molecule has 1 rings (SSSR count). The molecule has 1 heterocycles. The summed E-state index contributed by atoms with van der Waals surface area (Å²) in [6.07, 6.45) is -1.59. The number of aliphatic hydroxyl groups is 1. The van der Waals surface area contributed by atoms with E-state index >= 15 is 0 Å². The number of hydrogen-bond acceptors (Lipinski definition) is 5. The van der Waals surface area contributed by atoms with E-state index in [0.29, 0.717) is 6.42 Å². The molecule has 0 unspecified atom stereocenters. The van der Waals surface area contributed by atoms with Crippen LogP contribution in [0.1, 0.15) is 41.0 Å². The molecule has 0 aromatic heterocycles. The molecule has 1 N–H and O–H groups in total. The van der Waals surface area contributed by atoms with Crippen LogP contribution in [0.25, 0.3) is 0 Å². The summed E-state index contributed by atoms with van der Waals surface area (Å²) in [6.45, 7) is 9.59. The molecular weight excluding hydrogens is 276 g/mol. The van der Waals surface area contributed by atoms with Gasteiger partial charge in [0.05, 0.1) is 12.2 Å². The Morgan fingerprint density at radius 1 is 1.30 bits per heavy atom. The first-order valence-electron chi connectivity index (χ1n) is 7.56. The minimum absolute atomic E-state index is 0.311. The first-order valence-corrected chi connectivity index (χ1v) is 10.1. The third-order valence-electron chi connectivity index (χ3n) is 4.28. The van der Waals surface area contributed by atoms with Crippen LogP contribution in [0.2, 0.25) is 18.1 Å². The lowest BCUT2D eigenvalue weighted by Gasteiger charge is -2.42. The van der Waals surface area contributed by atoms with E-state index in [9.17, 15) is 9.90 Å². The van der Waals surface area contributed by atoms with Crippen LogP contribution in [0, 0.1) is 0 Å². The van der Waals surface area contributed by atoms with Crippen molar-refractivity contribution >= 4 is 14.3 Å². The van der Waals surface area contributed by atoms with Crippen molar-refractivity contribution in [3.05, 3.63) is 0 Å². The molecule has 0 amide bonds. The molecule has 0 radical (unpaired) electrons. The smallest absolute Gasteiger partial charge is 0.304 e. The summed E-state index contributed by atoms with van der Waals surface area (Å²) in [5.74, 6) is -0.373. The Bertz CT molecular complexity index is 310. The van der Waals surface area contributed by atoms with Crippen LogP contribution in [0.5, 0.6) is 0 Å². The van der Waals surface area contributed by atoms with Crippen molar-refractivity contribution in [1.29, 1.82) is 0 Å². The number of ether oxygens (including phenoxy) is 2. The van der Waals surface area contributed by atoms with Gasteiger partial charge in [-0.25, -0.2) is 0 Å². The Kier molecular flexibility index (Phi) is 6.64. The van der Waals surface area contributed by atoms with Crippen LogP contribution in [0.3, 0.4) is 0 Å². The standard InChI is InChI=1S/C14H28O5Si/c1-6-20(7-2,8-3)19-12-9-13(18-11(5)15)17-10(4)14(12)16/h10,12-14,16H,6-9H2,1-5H3/t10-,12-,13+,14-/m1/s1. The van der Waals surface area contributed by atoms with Gasteiger partial charge in [0.25, 0.3) is 0 Å². The molecule has 1 aliphatic rings. The van der Waals surface area contributed by atoms with E-state index in [1.54, 1.807) is 6.92 Å². The number of carbonyl (C=O) groups is 1. The van der Waals surface area contributed by atoms with Gasteiger partial charge in [0.15, 0.2) is 8.32 Å². The monoisotopic (exact) mass is 304 g/mol. The lowest BCUT2D eigenvalue weighted by atomic mass is 10.0. The van der Waals surface area contributed by atoms with E-state index in [0.717, 1.165) is 18.1 Å². The highest BCUT2D eigenvalue weighted by molar-refractivity contribution is 6.73. The zero-order chi connectivity index (χ0) is 15.3. The van der Waals surface area contributed by atoms with E-state index in [4.69, 9.17) is 13.9 Å². The van der Waals surface area contributed by atoms with Crippen LogP contribution in [-0.4, -0.2) is 44.0 Å². The van der Waals surface area contributed by atoms with Crippen LogP contribution < -0.4 is 0 Å². The molecule has 0 bridgehead atoms. The molecule has 1 aliphatic heterocycles. The second-order valence-corrected chi connectivity index (χ2v) is 10.2. The fraction of sp³-hybridized carbons (Fsp3) is 0.929. The molecule has 1 fully saturated rings. The zero-order valence-electron chi connectivity index (χ0n) is 13.2. The van der Waals surface area contributed by atoms with E-state index < -0.39 is 26.8 Å². The number of esters is 1. The summed E-state index contributed by atoms with van der Waals surface area (Å²) < 4.78 is 17.0. The minimum Gasteiger partial charge on any atom is -0.436 e. The van der Waals surface area contributed by atoms with Gasteiger partial charge in [-0.2, -0.15) is 0 Å². The Morgan fingerprint density at radius 3 is 2.30 bits per heavy atom. The second-order valence-electron chi connectivity index (χ2n) is 5.51. The fourth-order valence-electron chi connectivity index (χ4n) is 2.71. The second kappa shape index (κ2) is 7.54. The normalized spacial score (nSPS) is 31.1. The van der Waals surface area contributed by atoms with Gasteiger partial charge < -0.3 is 19.0 Å². The fourth-order valence-corrected chi connectivity index (χ4v) is 5.58. The van der Waals surface area contributed by atoms with Crippen molar-refractivity contribution < 1.29 is 23.8 Å². The summed E-state index contributed by atoms with van der Waals surface area (Å²) in [6, 6.07) is 3.07. The molecule has 5 nitrogen and oxygen atoms in total. The molecular formula is C14H28O5Si. The van der Waals surface area contributed by atoms with Crippen molar-refractivity contribution in [2.75, 3.05) is 0 Å². The molecule has 20 heavy (non-hydrogen) atoms. The van der Waals surface area contributed by atoms with Gasteiger partial charge in [-0.05, 0) is 25.1 Å². The number of aliphatic hydroxyl groups excluding tert-OH is 1. The van der Waals surface area contributed by atoms with E-state index in [-0.39, 0.29) is 12.1 Å². The summed E-state index contributed by atoms with van der Waals surface area (Å²) in [7, 11) is -1.80. The van der Waals surface area contributed by atoms with Gasteiger partial charge in [-0.15, -0.1) is 0 Å². The molecule has 4 atom stereocenters. The van der Waals surface area contributed by atoms with Gasteiger partial charge in [0.1, 0.15) is 6.10 Å². The topological polar surface area (TPSA) is 65.0 Å². The van der Waals surface area contributed by atoms with Crippen LogP contribution in [-0.2, 0) is 18.7 Å². The van der Waals surface area contributed by atoms with Gasteiger partial charge in [-0.3, -0.25) is 4.79 Å². The summed E-state index contributed by atoms with van der Waals surface area (Å²) in [5.41, 5.74) is 0. The van der Waals surface area contributed by atoms with Gasteiger partial charge in [0, 0.05) is 13.3 Å². The molecule has 0 aromatic rings. The highest BCUT2D eigenvalue weighted by Crippen LogP contribution is 2.30. The Hall–Kier alpha value is -0.433. The van der Waals surface area contributed by atoms with Crippen molar-refractivity contribution in [2.45, 2.75) is 83.8 Å². The Labute approximate surface area is 122 Å². The predicted octanol–water partition coefficient (Wildman–Crippen LogP) is 2.44. The number of carbonyl (C=O) groups excluding carboxylic acids is 1. The third-order valence-corrected chi connectivity index (χ3v) is 8.95. The van der Waals surface area contributed by atoms with E-state index in [1.807, 2.05) is 0 Å². The van der Waals surface area contributed by atoms with Crippen LogP contribution in [0.4, 0.5) is 0 Å². The van der Waals surface area contributed by atoms with Gasteiger partial charge in [0.2, 0.25) is 6.29 Å². The lowest BCUT2D eigenvalue weighted by molar-refractivity contribution is -0.237. The summed E-state index contributed by atoms with van der Waals surface area (Å²) in [4.78, 5) is 11.1. The van der Waals surface area contributed by atoms with Crippen molar-refractivity contribution in [2.24, 2.45) is 0 Å². The zero-order valence-corrected chi connectivity index (χ0v) is 14.2. The van der Waals surface area contributed by atoms with Crippen LogP contribution >= 0.6 is 0 Å². The van der Waals surface area contributed by atoms with Crippen molar-refractivity contribution in [3.8, 4) is 0 Å². The summed E-state index contributed by atoms with van der Waals surface area (Å²) in [5, 5.41) is 10.3. The maximum Gasteiger partial charge on any atom is 0.304 e. The molecule has 0 saturated carbocycles. The molecule has 118 valence electrons. The predicted molar refractivity (Wildman–Crippen MR) is 78.8 cm³/mol. The maximum atomic E-state index is 11.1. The SMILES string of the molecule is CC[Si](CC)(CC)O[C@@H]1C[C@H](OC(C)=O)O[C@H](C)[C@H]1O. The molecule has 6 heteroatoms. The molecule has 1 saturated heterocycles. The quantitative estimate of drug-likeness (QED) is 0.603. The largest absolute Gasteiger partial charge is 0.436 e. The number of hydrogen-bond donors (Lipinski definition) is 1. The first kappa shape index (κ1) is 17.6. The van der Waals surface area contributed by atoms with E-state index in [1.165, 1.54) is 6.92 Å². The highest BCUT2D eigenvalue weighted by atomic mass is 28.4.